The Hall–Kier alpha value is -2.67. The molecule has 1 aliphatic heterocycles. The van der Waals surface area contributed by atoms with E-state index in [-0.39, 0.29) is 18.3 Å². The van der Waals surface area contributed by atoms with Gasteiger partial charge < -0.3 is 4.74 Å². The summed E-state index contributed by atoms with van der Waals surface area (Å²) in [6.07, 6.45) is 3.27. The van der Waals surface area contributed by atoms with Gasteiger partial charge in [-0.3, -0.25) is 9.36 Å². The van der Waals surface area contributed by atoms with Crippen molar-refractivity contribution < 1.29 is 17.9 Å². The Balaban J connectivity index is 1.78. The summed E-state index contributed by atoms with van der Waals surface area (Å²) in [4.78, 5) is 17.4. The van der Waals surface area contributed by atoms with Crippen molar-refractivity contribution >= 4 is 26.6 Å². The molecular formula is C18H16N2O4S. The van der Waals surface area contributed by atoms with E-state index in [9.17, 15) is 13.2 Å². The first kappa shape index (κ1) is 15.8. The van der Waals surface area contributed by atoms with Crippen LogP contribution in [0.5, 0.6) is 5.75 Å². The second-order valence-corrected chi connectivity index (χ2v) is 8.34. The van der Waals surface area contributed by atoms with Crippen LogP contribution in [0, 0.1) is 0 Å². The summed E-state index contributed by atoms with van der Waals surface area (Å²) in [5, 5.41) is 0.750. The lowest BCUT2D eigenvalue weighted by Crippen LogP contribution is -2.11. The Morgan fingerprint density at radius 3 is 2.76 bits per heavy atom. The molecule has 128 valence electrons. The van der Waals surface area contributed by atoms with Gasteiger partial charge in [0.15, 0.2) is 0 Å². The zero-order chi connectivity index (χ0) is 17.6. The number of fused-ring (bicyclic) bond motifs is 4. The molecule has 1 aliphatic rings. The number of aromatic nitrogens is 2. The number of sulfone groups is 1. The molecule has 0 radical (unpaired) electrons. The Morgan fingerprint density at radius 2 is 1.96 bits per heavy atom. The van der Waals surface area contributed by atoms with Gasteiger partial charge in [0.1, 0.15) is 26.8 Å². The number of rotatable bonds is 5. The number of hydrogen-bond donors (Lipinski definition) is 0. The molecule has 1 aromatic carbocycles. The highest BCUT2D eigenvalue weighted by molar-refractivity contribution is 7.90. The third kappa shape index (κ3) is 2.70. The molecule has 4 rings (SSSR count). The zero-order valence-corrected chi connectivity index (χ0v) is 14.4. The summed E-state index contributed by atoms with van der Waals surface area (Å²) in [5.41, 5.74) is 2.52. The van der Waals surface area contributed by atoms with E-state index in [2.05, 4.69) is 4.98 Å². The summed E-state index contributed by atoms with van der Waals surface area (Å²) in [6.45, 7) is 0.218. The average Bonchev–Trinajstić information content (AvgIpc) is 3.14. The van der Waals surface area contributed by atoms with Crippen LogP contribution < -0.4 is 4.74 Å². The maximum absolute atomic E-state index is 12.8. The third-order valence-electron chi connectivity index (χ3n) is 4.17. The molecule has 6 nitrogen and oxygen atoms in total. The number of ether oxygens (including phenoxy) is 1. The summed E-state index contributed by atoms with van der Waals surface area (Å²) in [7, 11) is -3.04. The Kier molecular flexibility index (Phi) is 3.61. The van der Waals surface area contributed by atoms with Crippen LogP contribution in [0.2, 0.25) is 0 Å². The second-order valence-electron chi connectivity index (χ2n) is 6.08. The van der Waals surface area contributed by atoms with E-state index in [1.165, 1.54) is 6.26 Å². The van der Waals surface area contributed by atoms with Crippen LogP contribution >= 0.6 is 0 Å². The number of para-hydroxylation sites is 1. The van der Waals surface area contributed by atoms with Gasteiger partial charge in [0.25, 0.3) is 5.91 Å². The molecule has 0 spiro atoms. The van der Waals surface area contributed by atoms with E-state index < -0.39 is 9.84 Å². The van der Waals surface area contributed by atoms with Crippen molar-refractivity contribution in [2.24, 2.45) is 0 Å². The fourth-order valence-electron chi connectivity index (χ4n) is 3.08. The van der Waals surface area contributed by atoms with Gasteiger partial charge in [-0.25, -0.2) is 13.4 Å². The highest BCUT2D eigenvalue weighted by Gasteiger charge is 2.32. The highest BCUT2D eigenvalue weighted by Crippen LogP contribution is 2.40. The first-order chi connectivity index (χ1) is 12.0. The predicted molar refractivity (Wildman–Crippen MR) is 94.7 cm³/mol. The zero-order valence-electron chi connectivity index (χ0n) is 13.6. The van der Waals surface area contributed by atoms with E-state index in [0.717, 1.165) is 16.6 Å². The lowest BCUT2D eigenvalue weighted by atomic mass is 10.1. The van der Waals surface area contributed by atoms with E-state index in [4.69, 9.17) is 4.74 Å². The lowest BCUT2D eigenvalue weighted by Gasteiger charge is -2.12. The molecule has 0 saturated carbocycles. The smallest absolute Gasteiger partial charge is 0.268 e. The normalized spacial score (nSPS) is 13.1. The fraction of sp³-hybridized carbons (Fsp3) is 0.222. The van der Waals surface area contributed by atoms with Crippen LogP contribution in [0.15, 0.2) is 42.6 Å². The molecule has 0 atom stereocenters. The predicted octanol–water partition coefficient (Wildman–Crippen LogP) is 2.52. The minimum absolute atomic E-state index is 0.0478. The first-order valence-electron chi connectivity index (χ1n) is 7.91. The SMILES string of the molecule is CS(=O)(=O)CCCOc1c2c(nc3ccccc13)-c1cccn1C2=O. The maximum Gasteiger partial charge on any atom is 0.268 e. The quantitative estimate of drug-likeness (QED) is 0.514. The van der Waals surface area contributed by atoms with Gasteiger partial charge in [-0.1, -0.05) is 12.1 Å². The molecule has 0 fully saturated rings. The number of benzene rings is 1. The molecular weight excluding hydrogens is 340 g/mol. The second kappa shape index (κ2) is 5.70. The molecule has 25 heavy (non-hydrogen) atoms. The van der Waals surface area contributed by atoms with Crippen LogP contribution in [0.25, 0.3) is 22.3 Å². The fourth-order valence-corrected chi connectivity index (χ4v) is 3.72. The molecule has 0 amide bonds. The van der Waals surface area contributed by atoms with Crippen LogP contribution in [0.4, 0.5) is 0 Å². The molecule has 0 N–H and O–H groups in total. The number of nitrogens with zero attached hydrogens (tertiary/aromatic N) is 2. The lowest BCUT2D eigenvalue weighted by molar-refractivity contribution is 0.0965. The van der Waals surface area contributed by atoms with Crippen molar-refractivity contribution in [2.45, 2.75) is 6.42 Å². The van der Waals surface area contributed by atoms with Crippen LogP contribution in [0.3, 0.4) is 0 Å². The number of hydrogen-bond acceptors (Lipinski definition) is 5. The van der Waals surface area contributed by atoms with Crippen LogP contribution in [0.1, 0.15) is 16.8 Å². The van der Waals surface area contributed by atoms with E-state index in [0.29, 0.717) is 23.4 Å². The topological polar surface area (TPSA) is 78.3 Å². The molecule has 0 aliphatic carbocycles. The highest BCUT2D eigenvalue weighted by atomic mass is 32.2. The minimum atomic E-state index is -3.04. The standard InChI is InChI=1S/C18H16N2O4S/c1-25(22,23)11-5-10-24-17-12-6-2-3-7-13(12)19-16-14-8-4-9-20(14)18(21)15(16)17/h2-4,6-9H,5,10-11H2,1H3. The summed E-state index contributed by atoms with van der Waals surface area (Å²) in [6, 6.07) is 11.1. The summed E-state index contributed by atoms with van der Waals surface area (Å²) >= 11 is 0. The number of carbonyl (C=O) groups is 1. The van der Waals surface area contributed by atoms with Gasteiger partial charge in [-0.2, -0.15) is 0 Å². The van der Waals surface area contributed by atoms with E-state index in [1.807, 2.05) is 30.3 Å². The molecule has 0 bridgehead atoms. The maximum atomic E-state index is 12.8. The van der Waals surface area contributed by atoms with Gasteiger partial charge in [-0.15, -0.1) is 0 Å². The van der Waals surface area contributed by atoms with Gasteiger partial charge in [0.05, 0.1) is 23.6 Å². The van der Waals surface area contributed by atoms with Crippen molar-refractivity contribution in [1.29, 1.82) is 0 Å². The van der Waals surface area contributed by atoms with Crippen molar-refractivity contribution in [3.05, 3.63) is 48.2 Å². The largest absolute Gasteiger partial charge is 0.492 e. The van der Waals surface area contributed by atoms with Crippen molar-refractivity contribution in [3.63, 3.8) is 0 Å². The molecule has 3 heterocycles. The van der Waals surface area contributed by atoms with Crippen molar-refractivity contribution in [2.75, 3.05) is 18.6 Å². The van der Waals surface area contributed by atoms with E-state index >= 15 is 0 Å². The molecule has 7 heteroatoms. The van der Waals surface area contributed by atoms with Crippen molar-refractivity contribution in [3.8, 4) is 17.1 Å². The summed E-state index contributed by atoms with van der Waals surface area (Å²) in [5.74, 6) is 0.348. The summed E-state index contributed by atoms with van der Waals surface area (Å²) < 4.78 is 30.0. The average molecular weight is 356 g/mol. The van der Waals surface area contributed by atoms with Crippen LogP contribution in [-0.4, -0.2) is 42.5 Å². The molecule has 3 aromatic rings. The number of pyridine rings is 1. The first-order valence-corrected chi connectivity index (χ1v) is 9.97. The van der Waals surface area contributed by atoms with Gasteiger partial charge in [-0.05, 0) is 30.7 Å². The Labute approximate surface area is 145 Å². The molecule has 0 unspecified atom stereocenters. The Bertz CT molecular complexity index is 1100. The van der Waals surface area contributed by atoms with Gasteiger partial charge >= 0.3 is 0 Å². The van der Waals surface area contributed by atoms with Gasteiger partial charge in [0.2, 0.25) is 0 Å². The van der Waals surface area contributed by atoms with Gasteiger partial charge in [0, 0.05) is 17.8 Å². The number of carbonyl (C=O) groups excluding carboxylic acids is 1. The molecule has 2 aromatic heterocycles. The van der Waals surface area contributed by atoms with E-state index in [1.54, 1.807) is 16.8 Å². The minimum Gasteiger partial charge on any atom is -0.492 e. The third-order valence-corrected chi connectivity index (χ3v) is 5.20. The molecule has 0 saturated heterocycles. The van der Waals surface area contributed by atoms with Crippen LogP contribution in [-0.2, 0) is 9.84 Å². The Morgan fingerprint density at radius 1 is 1.16 bits per heavy atom. The van der Waals surface area contributed by atoms with Crippen molar-refractivity contribution in [1.82, 2.24) is 9.55 Å². The monoisotopic (exact) mass is 356 g/mol.